The zero-order valence-electron chi connectivity index (χ0n) is 9.27. The number of rotatable bonds is 9. The molecule has 0 aliphatic heterocycles. The monoisotopic (exact) mass is 318 g/mol. The highest BCUT2D eigenvalue weighted by Gasteiger charge is 2.10. The minimum Gasteiger partial charge on any atom is -0.211 e. The average Bonchev–Trinajstić information content (AvgIpc) is 2.89. The number of aliphatic imine (C=N–C) groups is 2. The van der Waals surface area contributed by atoms with Gasteiger partial charge in [0.25, 0.3) is 0 Å². The van der Waals surface area contributed by atoms with Crippen LogP contribution in [0.25, 0.3) is 0 Å². The normalized spacial score (nSPS) is 11.3. The van der Waals surface area contributed by atoms with Crippen LogP contribution in [0.1, 0.15) is 0 Å². The lowest BCUT2D eigenvalue weighted by molar-refractivity contribution is 0.563. The van der Waals surface area contributed by atoms with Crippen LogP contribution in [0.5, 0.6) is 0 Å². The van der Waals surface area contributed by atoms with Crippen molar-refractivity contribution in [1.82, 2.24) is 0 Å². The topological polar surface area (TPSA) is 58.9 Å². The Morgan fingerprint density at radius 2 is 1.89 bits per heavy atom. The Morgan fingerprint density at radius 1 is 1.22 bits per heavy atom. The maximum atomic E-state index is 10.0. The first kappa shape index (κ1) is 15.6. The van der Waals surface area contributed by atoms with Crippen LogP contribution in [0.4, 0.5) is 0 Å². The van der Waals surface area contributed by atoms with E-state index in [-0.39, 0.29) is 4.58 Å². The third-order valence-electron chi connectivity index (χ3n) is 1.66. The summed E-state index contributed by atoms with van der Waals surface area (Å²) in [6, 6.07) is 2.06. The average molecular weight is 318 g/mol. The zero-order valence-corrected chi connectivity index (χ0v) is 12.5. The van der Waals surface area contributed by atoms with Gasteiger partial charge in [-0.15, -0.1) is 35.3 Å². The molecule has 0 aliphatic rings. The summed E-state index contributed by atoms with van der Waals surface area (Å²) in [4.78, 5) is 28.3. The van der Waals surface area contributed by atoms with Crippen molar-refractivity contribution < 1.29 is 9.59 Å². The molecule has 0 radical (unpaired) electrons. The van der Waals surface area contributed by atoms with E-state index in [1.54, 1.807) is 46.6 Å². The van der Waals surface area contributed by atoms with Gasteiger partial charge in [-0.05, 0) is 11.4 Å². The number of hydrogen-bond acceptors (Lipinski definition) is 8. The van der Waals surface area contributed by atoms with Gasteiger partial charge >= 0.3 is 0 Å². The smallest absolute Gasteiger partial charge is 0.211 e. The fraction of sp³-hybridized carbons (Fsp3) is 0.400. The minimum atomic E-state index is 0.226. The van der Waals surface area contributed by atoms with Crippen LogP contribution < -0.4 is 0 Å². The van der Waals surface area contributed by atoms with Crippen molar-refractivity contribution in [2.75, 3.05) is 17.5 Å². The Kier molecular flexibility index (Phi) is 9.02. The number of isocyanates is 2. The molecule has 0 saturated heterocycles. The Bertz CT molecular complexity index is 403. The van der Waals surface area contributed by atoms with Crippen LogP contribution >= 0.6 is 46.6 Å². The molecule has 0 fully saturated rings. The van der Waals surface area contributed by atoms with Crippen molar-refractivity contribution >= 4 is 58.8 Å². The van der Waals surface area contributed by atoms with Crippen LogP contribution in [0, 0.1) is 0 Å². The van der Waals surface area contributed by atoms with E-state index in [4.69, 9.17) is 0 Å². The van der Waals surface area contributed by atoms with Gasteiger partial charge in [0, 0.05) is 16.0 Å². The highest BCUT2D eigenvalue weighted by molar-refractivity contribution is 8.18. The fourth-order valence-corrected chi connectivity index (χ4v) is 4.99. The van der Waals surface area contributed by atoms with Gasteiger partial charge in [-0.1, -0.05) is 0 Å². The predicted molar refractivity (Wildman–Crippen MR) is 80.0 cm³/mol. The first-order valence-electron chi connectivity index (χ1n) is 4.82. The molecule has 0 N–H and O–H groups in total. The zero-order chi connectivity index (χ0) is 13.1. The number of nitrogens with zero attached hydrogens (tertiary/aromatic N) is 2. The molecule has 1 rings (SSSR count). The highest BCUT2D eigenvalue weighted by atomic mass is 32.2. The molecule has 1 aromatic rings. The molecule has 1 heterocycles. The first-order valence-corrected chi connectivity index (χ1v) is 8.85. The van der Waals surface area contributed by atoms with Crippen molar-refractivity contribution in [3.05, 3.63) is 16.8 Å². The van der Waals surface area contributed by atoms with Gasteiger partial charge in [-0.3, -0.25) is 0 Å². The molecule has 8 heteroatoms. The molecule has 96 valence electrons. The predicted octanol–water partition coefficient (Wildman–Crippen LogP) is 3.22. The van der Waals surface area contributed by atoms with Gasteiger partial charge in [0.2, 0.25) is 12.2 Å². The van der Waals surface area contributed by atoms with E-state index in [0.29, 0.717) is 11.8 Å². The molecule has 0 saturated carbocycles. The van der Waals surface area contributed by atoms with Crippen molar-refractivity contribution in [2.24, 2.45) is 9.98 Å². The summed E-state index contributed by atoms with van der Waals surface area (Å²) in [7, 11) is 0. The lowest BCUT2D eigenvalue weighted by Crippen LogP contribution is -2.02. The van der Waals surface area contributed by atoms with Gasteiger partial charge < -0.3 is 0 Å². The minimum absolute atomic E-state index is 0.226. The Balaban J connectivity index is 2.36. The third-order valence-corrected chi connectivity index (χ3v) is 6.45. The fourth-order valence-electron chi connectivity index (χ4n) is 0.936. The molecular formula is C10H10N2O2S4. The van der Waals surface area contributed by atoms with E-state index in [1.807, 2.05) is 5.38 Å². The highest BCUT2D eigenvalue weighted by Crippen LogP contribution is 2.31. The lowest BCUT2D eigenvalue weighted by atomic mass is 10.7. The van der Waals surface area contributed by atoms with Gasteiger partial charge in [-0.25, -0.2) is 9.59 Å². The van der Waals surface area contributed by atoms with E-state index < -0.39 is 0 Å². The molecule has 0 aromatic carbocycles. The van der Waals surface area contributed by atoms with E-state index >= 15 is 0 Å². The maximum Gasteiger partial charge on any atom is 0.235 e. The molecule has 0 aliphatic carbocycles. The number of thioether (sulfide) groups is 3. The second-order valence-electron chi connectivity index (χ2n) is 2.79. The van der Waals surface area contributed by atoms with E-state index in [1.165, 1.54) is 17.1 Å². The molecule has 0 atom stereocenters. The Hall–Kier alpha value is -0.490. The molecule has 1 aromatic heterocycles. The van der Waals surface area contributed by atoms with Crippen molar-refractivity contribution in [2.45, 2.75) is 9.48 Å². The quantitative estimate of drug-likeness (QED) is 0.303. The van der Waals surface area contributed by atoms with Gasteiger partial charge in [0.1, 0.15) is 0 Å². The summed E-state index contributed by atoms with van der Waals surface area (Å²) < 4.78 is 0.226. The van der Waals surface area contributed by atoms with E-state index in [0.717, 1.165) is 5.75 Å². The summed E-state index contributed by atoms with van der Waals surface area (Å²) in [5, 5.41) is 4.12. The maximum absolute atomic E-state index is 10.0. The molecule has 0 unspecified atom stereocenters. The Labute approximate surface area is 122 Å². The summed E-state index contributed by atoms with van der Waals surface area (Å²) in [5.41, 5.74) is 0. The van der Waals surface area contributed by atoms with Crippen molar-refractivity contribution in [1.29, 1.82) is 0 Å². The summed E-state index contributed by atoms with van der Waals surface area (Å²) in [6.45, 7) is 0. The standard InChI is InChI=1S/C10H10N2O2S4/c13-5-11-7-17-10(18-8-12-6-14)4-16-9-1-2-15-3-9/h1-3,10H,4,7-8H2. The van der Waals surface area contributed by atoms with Crippen molar-refractivity contribution in [3.8, 4) is 0 Å². The summed E-state index contributed by atoms with van der Waals surface area (Å²) in [5.74, 6) is 1.64. The number of carbonyl (C=O) groups excluding carboxylic acids is 2. The van der Waals surface area contributed by atoms with Crippen LogP contribution in [-0.2, 0) is 9.59 Å². The molecule has 4 nitrogen and oxygen atoms in total. The summed E-state index contributed by atoms with van der Waals surface area (Å²) >= 11 is 6.49. The van der Waals surface area contributed by atoms with Crippen LogP contribution in [-0.4, -0.2) is 34.2 Å². The SMILES string of the molecule is O=C=NCSC(CSc1ccsc1)SCN=C=O. The van der Waals surface area contributed by atoms with E-state index in [9.17, 15) is 9.59 Å². The Morgan fingerprint density at radius 3 is 2.39 bits per heavy atom. The first-order chi connectivity index (χ1) is 8.86. The number of hydrogen-bond donors (Lipinski definition) is 0. The molecule has 0 spiro atoms. The summed E-state index contributed by atoms with van der Waals surface area (Å²) in [6.07, 6.45) is 3.03. The molecular weight excluding hydrogens is 308 g/mol. The van der Waals surface area contributed by atoms with Gasteiger partial charge in [0.05, 0.1) is 16.3 Å². The number of thiophene rings is 1. The largest absolute Gasteiger partial charge is 0.235 e. The second kappa shape index (κ2) is 10.4. The third kappa shape index (κ3) is 7.06. The molecule has 18 heavy (non-hydrogen) atoms. The second-order valence-corrected chi connectivity index (χ2v) is 7.28. The van der Waals surface area contributed by atoms with Gasteiger partial charge in [0.15, 0.2) is 0 Å². The van der Waals surface area contributed by atoms with Crippen LogP contribution in [0.15, 0.2) is 31.7 Å². The van der Waals surface area contributed by atoms with Crippen LogP contribution in [0.2, 0.25) is 0 Å². The molecule has 0 amide bonds. The lowest BCUT2D eigenvalue weighted by Gasteiger charge is -2.12. The van der Waals surface area contributed by atoms with Crippen LogP contribution in [0.3, 0.4) is 0 Å². The van der Waals surface area contributed by atoms with Crippen molar-refractivity contribution in [3.63, 3.8) is 0 Å². The molecule has 0 bridgehead atoms. The van der Waals surface area contributed by atoms with Gasteiger partial charge in [-0.2, -0.15) is 21.3 Å². The van der Waals surface area contributed by atoms with E-state index in [2.05, 4.69) is 21.4 Å².